The summed E-state index contributed by atoms with van der Waals surface area (Å²) in [5.41, 5.74) is 5.76. The van der Waals surface area contributed by atoms with Gasteiger partial charge in [-0.15, -0.1) is 0 Å². The van der Waals surface area contributed by atoms with Crippen LogP contribution < -0.4 is 4.74 Å². The number of nitrogens with zero attached hydrogens (tertiary/aromatic N) is 2. The molecule has 0 spiro atoms. The van der Waals surface area contributed by atoms with Gasteiger partial charge in [-0.2, -0.15) is 16.8 Å². The minimum absolute atomic E-state index is 0.0233. The maximum Gasteiger partial charge on any atom is 0.350 e. The van der Waals surface area contributed by atoms with Crippen molar-refractivity contribution in [1.82, 2.24) is 9.47 Å². The van der Waals surface area contributed by atoms with Crippen molar-refractivity contribution >= 4 is 65.3 Å². The maximum absolute atomic E-state index is 12.4. The third kappa shape index (κ3) is 11.6. The Morgan fingerprint density at radius 1 is 0.703 bits per heavy atom. The average molecular weight is 926 g/mol. The predicted octanol–water partition coefficient (Wildman–Crippen LogP) is 9.69. The molecule has 1 aromatic heterocycles. The van der Waals surface area contributed by atoms with Crippen LogP contribution in [0.25, 0.3) is 21.7 Å². The van der Waals surface area contributed by atoms with Gasteiger partial charge in [-0.3, -0.25) is 13.9 Å². The van der Waals surface area contributed by atoms with Gasteiger partial charge in [0.15, 0.2) is 11.4 Å². The Hall–Kier alpha value is -5.87. The van der Waals surface area contributed by atoms with E-state index in [1.54, 1.807) is 76.2 Å². The van der Waals surface area contributed by atoms with E-state index >= 15 is 0 Å². The molecule has 0 unspecified atom stereocenters. The maximum atomic E-state index is 12.4. The summed E-state index contributed by atoms with van der Waals surface area (Å²) < 4.78 is 76.1. The second kappa shape index (κ2) is 19.9. The van der Waals surface area contributed by atoms with Gasteiger partial charge in [-0.1, -0.05) is 84.4 Å². The number of ketones is 1. The fourth-order valence-corrected chi connectivity index (χ4v) is 8.86. The summed E-state index contributed by atoms with van der Waals surface area (Å²) in [4.78, 5) is 26.1. The van der Waals surface area contributed by atoms with Crippen LogP contribution in [-0.4, -0.2) is 72.5 Å². The van der Waals surface area contributed by atoms with Crippen LogP contribution in [0.1, 0.15) is 60.4 Å². The molecule has 7 aromatic rings. The van der Waals surface area contributed by atoms with Crippen molar-refractivity contribution in [3.8, 4) is 5.75 Å². The summed E-state index contributed by atoms with van der Waals surface area (Å²) in [7, 11) is -6.72. The summed E-state index contributed by atoms with van der Waals surface area (Å²) in [6, 6.07) is 40.5. The van der Waals surface area contributed by atoms with Crippen LogP contribution in [0.15, 0.2) is 149 Å². The second-order valence-corrected chi connectivity index (χ2v) is 19.2. The third-order valence-electron chi connectivity index (χ3n) is 10.4. The van der Waals surface area contributed by atoms with Gasteiger partial charge in [0, 0.05) is 69.6 Å². The van der Waals surface area contributed by atoms with Crippen molar-refractivity contribution in [2.45, 2.75) is 68.7 Å². The molecule has 0 atom stereocenters. The van der Waals surface area contributed by atoms with Crippen molar-refractivity contribution in [2.24, 2.45) is 0 Å². The largest absolute Gasteiger partial charge is 0.476 e. The molecule has 1 aliphatic heterocycles. The Bertz CT molecular complexity index is 2930. The van der Waals surface area contributed by atoms with Gasteiger partial charge in [-0.25, -0.2) is 4.79 Å². The van der Waals surface area contributed by atoms with E-state index in [4.69, 9.17) is 30.2 Å². The molecule has 0 saturated carbocycles. The normalized spacial score (nSPS) is 13.0. The molecule has 15 heteroatoms. The number of likely N-dealkylation sites (N-methyl/N-ethyl adjacent to an activating group) is 1. The topological polar surface area (TPSA) is 170 Å². The van der Waals surface area contributed by atoms with Crippen LogP contribution in [0.4, 0.5) is 0 Å². The number of halogens is 1. The summed E-state index contributed by atoms with van der Waals surface area (Å²) in [5, 5.41) is 2.05. The van der Waals surface area contributed by atoms with Crippen LogP contribution in [0.5, 0.6) is 5.75 Å². The molecule has 0 aliphatic carbocycles. The molecule has 12 nitrogen and oxygen atoms in total. The lowest BCUT2D eigenvalue weighted by Crippen LogP contribution is -2.40. The number of hydrogen-bond acceptors (Lipinski definition) is 9. The molecule has 6 aromatic carbocycles. The highest BCUT2D eigenvalue weighted by molar-refractivity contribution is 7.86. The number of hydrogen-bond donors (Lipinski definition) is 2. The van der Waals surface area contributed by atoms with E-state index in [0.29, 0.717) is 21.9 Å². The van der Waals surface area contributed by atoms with Crippen LogP contribution in [0.3, 0.4) is 0 Å². The van der Waals surface area contributed by atoms with E-state index in [1.165, 1.54) is 52.0 Å². The monoisotopic (exact) mass is 924 g/mol. The van der Waals surface area contributed by atoms with Crippen molar-refractivity contribution < 1.29 is 45.0 Å². The van der Waals surface area contributed by atoms with Gasteiger partial charge < -0.3 is 18.9 Å². The first-order valence-electron chi connectivity index (χ1n) is 20.3. The molecule has 2 heterocycles. The molecule has 2 N–H and O–H groups in total. The number of rotatable bonds is 10. The van der Waals surface area contributed by atoms with Gasteiger partial charge in [0.2, 0.25) is 0 Å². The highest BCUT2D eigenvalue weighted by atomic mass is 35.5. The number of carbonyl (C=O) groups excluding carboxylic acids is 2. The van der Waals surface area contributed by atoms with E-state index in [-0.39, 0.29) is 22.7 Å². The molecule has 64 heavy (non-hydrogen) atoms. The summed E-state index contributed by atoms with van der Waals surface area (Å²) in [6.45, 7) is 10.0. The quantitative estimate of drug-likeness (QED) is 0.0761. The SMILES string of the molecule is CC(C)OC(=O)C(C)(C)Oc1ccc(C(=O)c2ccc(Cl)cc2)cc1.CN1CCc2c(c3ccccc3n2Cc2ccccc2)C1.O=S(=O)(O)c1cccc2c(S(=O)(=O)O)cccc12. The van der Waals surface area contributed by atoms with E-state index in [0.717, 1.165) is 38.2 Å². The molecule has 334 valence electrons. The molecule has 1 aliphatic rings. The predicted molar refractivity (Wildman–Crippen MR) is 248 cm³/mol. The van der Waals surface area contributed by atoms with Gasteiger partial charge >= 0.3 is 5.97 Å². The number of para-hydroxylation sites is 1. The van der Waals surface area contributed by atoms with E-state index in [1.807, 2.05) is 0 Å². The molecule has 8 rings (SSSR count). The van der Waals surface area contributed by atoms with Crippen molar-refractivity contribution in [2.75, 3.05) is 13.6 Å². The van der Waals surface area contributed by atoms with Gasteiger partial charge in [-0.05, 0) is 113 Å². The number of esters is 1. The average Bonchev–Trinajstić information content (AvgIpc) is 3.55. The molecule has 0 amide bonds. The van der Waals surface area contributed by atoms with Crippen molar-refractivity contribution in [1.29, 1.82) is 0 Å². The van der Waals surface area contributed by atoms with Crippen LogP contribution in [-0.2, 0) is 49.3 Å². The zero-order valence-electron chi connectivity index (χ0n) is 35.9. The summed E-state index contributed by atoms with van der Waals surface area (Å²) >= 11 is 5.84. The third-order valence-corrected chi connectivity index (χ3v) is 12.4. The molecular weight excluding hydrogens is 876 g/mol. The first-order valence-corrected chi connectivity index (χ1v) is 23.6. The lowest BCUT2D eigenvalue weighted by atomic mass is 10.0. The Morgan fingerprint density at radius 2 is 1.22 bits per heavy atom. The fraction of sp³-hybridized carbons (Fsp3) is 0.224. The van der Waals surface area contributed by atoms with Gasteiger partial charge in [0.25, 0.3) is 20.2 Å². The number of ether oxygens (including phenoxy) is 2. The minimum atomic E-state index is -4.47. The Balaban J connectivity index is 0.000000161. The number of aromatic nitrogens is 1. The van der Waals surface area contributed by atoms with Crippen LogP contribution in [0, 0.1) is 0 Å². The zero-order chi connectivity index (χ0) is 46.4. The van der Waals surface area contributed by atoms with Crippen LogP contribution in [0.2, 0.25) is 5.02 Å². The molecule has 0 radical (unpaired) electrons. The summed E-state index contributed by atoms with van der Waals surface area (Å²) in [6.07, 6.45) is 0.933. The van der Waals surface area contributed by atoms with Crippen molar-refractivity contribution in [3.05, 3.63) is 172 Å². The molecule has 0 fully saturated rings. The highest BCUT2D eigenvalue weighted by Crippen LogP contribution is 2.32. The molecule has 0 saturated heterocycles. The summed E-state index contributed by atoms with van der Waals surface area (Å²) in [5.74, 6) is -0.0659. The number of benzene rings is 6. The van der Waals surface area contributed by atoms with E-state index in [2.05, 4.69) is 71.1 Å². The standard InChI is InChI=1S/C20H21ClO4.C19H20N2.C10H8O6S2/c1-13(2)24-19(23)20(3,4)25-17-11-7-15(8-12-17)18(22)14-5-9-16(21)10-6-14;1-20-12-11-19-17(14-20)16-9-5-6-10-18(16)21(19)13-15-7-3-2-4-8-15;11-17(12,13)9-5-1-3-7-8(9)4-2-6-10(7)18(14,15)16/h5-13H,1-4H3;2-10H,11-14H2,1H3;1-6H,(H,11,12,13)(H,14,15,16). The Kier molecular flexibility index (Phi) is 14.8. The molecular formula is C49H49ClN2O10S2. The number of fused-ring (bicyclic) bond motifs is 4. The van der Waals surface area contributed by atoms with Crippen LogP contribution >= 0.6 is 11.6 Å². The molecule has 0 bridgehead atoms. The Labute approximate surface area is 378 Å². The Morgan fingerprint density at radius 3 is 1.77 bits per heavy atom. The lowest BCUT2D eigenvalue weighted by molar-refractivity contribution is -0.163. The smallest absolute Gasteiger partial charge is 0.350 e. The lowest BCUT2D eigenvalue weighted by Gasteiger charge is -2.25. The van der Waals surface area contributed by atoms with E-state index in [9.17, 15) is 26.4 Å². The highest BCUT2D eigenvalue weighted by Gasteiger charge is 2.32. The first-order chi connectivity index (χ1) is 30.2. The van der Waals surface area contributed by atoms with Gasteiger partial charge in [0.1, 0.15) is 15.5 Å². The minimum Gasteiger partial charge on any atom is -0.476 e. The van der Waals surface area contributed by atoms with E-state index < -0.39 is 41.6 Å². The van der Waals surface area contributed by atoms with Gasteiger partial charge in [0.05, 0.1) is 6.10 Å². The first kappa shape index (κ1) is 47.6. The second-order valence-electron chi connectivity index (χ2n) is 16.0. The number of carbonyl (C=O) groups is 2. The van der Waals surface area contributed by atoms with Crippen molar-refractivity contribution in [3.63, 3.8) is 0 Å². The zero-order valence-corrected chi connectivity index (χ0v) is 38.3. The fourth-order valence-electron chi connectivity index (χ4n) is 7.32.